The van der Waals surface area contributed by atoms with Crippen molar-refractivity contribution in [2.75, 3.05) is 0 Å². The molecule has 5 rings (SSSR count). The highest BCUT2D eigenvalue weighted by Gasteiger charge is 2.32. The molecule has 166 valence electrons. The van der Waals surface area contributed by atoms with Gasteiger partial charge in [0.2, 0.25) is 11.4 Å². The summed E-state index contributed by atoms with van der Waals surface area (Å²) in [6.07, 6.45) is -0.654. The van der Waals surface area contributed by atoms with E-state index < -0.39 is 6.10 Å². The number of pyridine rings is 1. The Kier molecular flexibility index (Phi) is 6.33. The minimum Gasteiger partial charge on any atom is -0.381 e. The molecular weight excluding hydrogens is 414 g/mol. The van der Waals surface area contributed by atoms with Gasteiger partial charge in [0, 0.05) is 30.2 Å². The monoisotopic (exact) mass is 442 g/mol. The minimum absolute atomic E-state index is 0.197. The van der Waals surface area contributed by atoms with E-state index in [1.807, 2.05) is 48.5 Å². The van der Waals surface area contributed by atoms with E-state index in [4.69, 9.17) is 0 Å². The number of aliphatic hydroxyl groups is 1. The molecule has 0 saturated heterocycles. The minimum atomic E-state index is -0.654. The summed E-state index contributed by atoms with van der Waals surface area (Å²) in [6.45, 7) is 2.10. The van der Waals surface area contributed by atoms with Gasteiger partial charge in [0.15, 0.2) is 6.04 Å². The van der Waals surface area contributed by atoms with Gasteiger partial charge in [-0.25, -0.2) is 0 Å². The van der Waals surface area contributed by atoms with Crippen LogP contribution in [0.2, 0.25) is 0 Å². The Morgan fingerprint density at radius 3 is 1.32 bits per heavy atom. The first-order valence-electron chi connectivity index (χ1n) is 11.7. The lowest BCUT2D eigenvalue weighted by Crippen LogP contribution is -2.45. The molecular formula is C32H28NO+. The lowest BCUT2D eigenvalue weighted by Gasteiger charge is -2.21. The van der Waals surface area contributed by atoms with Gasteiger partial charge in [-0.05, 0) is 41.0 Å². The Labute approximate surface area is 201 Å². The third-order valence-corrected chi connectivity index (χ3v) is 6.36. The van der Waals surface area contributed by atoms with Gasteiger partial charge in [0.25, 0.3) is 0 Å². The maximum atomic E-state index is 11.5. The van der Waals surface area contributed by atoms with Crippen molar-refractivity contribution in [2.24, 2.45) is 0 Å². The van der Waals surface area contributed by atoms with Crippen molar-refractivity contribution in [1.29, 1.82) is 0 Å². The molecule has 0 saturated carbocycles. The zero-order chi connectivity index (χ0) is 23.3. The molecule has 0 radical (unpaired) electrons. The SMILES string of the molecule is C[C@H]([C@@H](O)c1ccccc1)[n+]1c(-c2ccccc2)cc(-c2ccccc2)cc1-c1ccccc1. The van der Waals surface area contributed by atoms with Crippen LogP contribution in [0.3, 0.4) is 0 Å². The fourth-order valence-electron chi connectivity index (χ4n) is 4.57. The largest absolute Gasteiger partial charge is 0.381 e. The van der Waals surface area contributed by atoms with E-state index in [0.717, 1.165) is 33.6 Å². The van der Waals surface area contributed by atoms with E-state index in [0.29, 0.717) is 0 Å². The average molecular weight is 443 g/mol. The molecule has 0 spiro atoms. The molecule has 0 fully saturated rings. The number of hydrogen-bond acceptors (Lipinski definition) is 1. The number of aromatic nitrogens is 1. The molecule has 1 heterocycles. The Balaban J connectivity index is 1.79. The molecule has 4 aromatic carbocycles. The van der Waals surface area contributed by atoms with Gasteiger partial charge < -0.3 is 5.11 Å². The number of aliphatic hydroxyl groups excluding tert-OH is 1. The van der Waals surface area contributed by atoms with Crippen LogP contribution in [0.4, 0.5) is 0 Å². The molecule has 34 heavy (non-hydrogen) atoms. The number of nitrogens with zero attached hydrogens (tertiary/aromatic N) is 1. The molecule has 5 aromatic rings. The van der Waals surface area contributed by atoms with Crippen LogP contribution in [0.1, 0.15) is 24.6 Å². The second-order valence-electron chi connectivity index (χ2n) is 8.58. The number of rotatable bonds is 6. The lowest BCUT2D eigenvalue weighted by molar-refractivity contribution is -0.708. The second-order valence-corrected chi connectivity index (χ2v) is 8.58. The van der Waals surface area contributed by atoms with Crippen LogP contribution in [0, 0.1) is 0 Å². The van der Waals surface area contributed by atoms with Gasteiger partial charge in [-0.15, -0.1) is 0 Å². The maximum absolute atomic E-state index is 11.5. The second kappa shape index (κ2) is 9.86. The fourth-order valence-corrected chi connectivity index (χ4v) is 4.57. The first-order valence-corrected chi connectivity index (χ1v) is 11.7. The molecule has 0 bridgehead atoms. The Bertz CT molecular complexity index is 1290. The molecule has 0 unspecified atom stereocenters. The van der Waals surface area contributed by atoms with Crippen molar-refractivity contribution in [3.8, 4) is 33.6 Å². The highest BCUT2D eigenvalue weighted by Crippen LogP contribution is 2.33. The highest BCUT2D eigenvalue weighted by molar-refractivity contribution is 5.73. The first-order chi connectivity index (χ1) is 16.7. The summed E-state index contributed by atoms with van der Waals surface area (Å²) in [5, 5.41) is 11.5. The summed E-state index contributed by atoms with van der Waals surface area (Å²) < 4.78 is 2.29. The molecule has 0 amide bonds. The molecule has 0 aliphatic rings. The molecule has 1 N–H and O–H groups in total. The van der Waals surface area contributed by atoms with E-state index in [-0.39, 0.29) is 6.04 Å². The van der Waals surface area contributed by atoms with Crippen LogP contribution in [0.25, 0.3) is 33.6 Å². The van der Waals surface area contributed by atoms with Crippen molar-refractivity contribution in [3.05, 3.63) is 139 Å². The van der Waals surface area contributed by atoms with Gasteiger partial charge in [-0.3, -0.25) is 0 Å². The van der Waals surface area contributed by atoms with Gasteiger partial charge in [-0.1, -0.05) is 97.1 Å². The Morgan fingerprint density at radius 1 is 0.500 bits per heavy atom. The summed E-state index contributed by atoms with van der Waals surface area (Å²) in [7, 11) is 0. The van der Waals surface area contributed by atoms with Crippen LogP contribution < -0.4 is 4.57 Å². The highest BCUT2D eigenvalue weighted by atomic mass is 16.3. The fraction of sp³-hybridized carbons (Fsp3) is 0.0938. The van der Waals surface area contributed by atoms with Crippen molar-refractivity contribution < 1.29 is 9.67 Å². The van der Waals surface area contributed by atoms with Crippen LogP contribution in [-0.2, 0) is 0 Å². The lowest BCUT2D eigenvalue weighted by atomic mass is 9.96. The summed E-state index contributed by atoms with van der Waals surface area (Å²) in [4.78, 5) is 0. The zero-order valence-corrected chi connectivity index (χ0v) is 19.3. The zero-order valence-electron chi connectivity index (χ0n) is 19.3. The van der Waals surface area contributed by atoms with E-state index in [1.165, 1.54) is 5.56 Å². The van der Waals surface area contributed by atoms with Gasteiger partial charge in [-0.2, -0.15) is 4.57 Å². The van der Waals surface area contributed by atoms with Crippen LogP contribution in [0.15, 0.2) is 133 Å². The Morgan fingerprint density at radius 2 is 0.882 bits per heavy atom. The van der Waals surface area contributed by atoms with Gasteiger partial charge in [0.1, 0.15) is 6.10 Å². The normalized spacial score (nSPS) is 12.8. The third kappa shape index (κ3) is 4.41. The van der Waals surface area contributed by atoms with E-state index in [2.05, 4.69) is 96.4 Å². The standard InChI is InChI=1S/C32H28NO/c1-24(32(34)28-20-12-5-13-21-28)33-30(26-16-8-3-9-17-26)22-29(25-14-6-2-7-15-25)23-31(33)27-18-10-4-11-19-27/h2-24,32,34H,1H3/q+1/t24-,32-/m1/s1. The molecule has 2 heteroatoms. The molecule has 2 nitrogen and oxygen atoms in total. The number of hydrogen-bond donors (Lipinski definition) is 1. The Hall–Kier alpha value is -4.01. The van der Waals surface area contributed by atoms with Crippen LogP contribution in [0.5, 0.6) is 0 Å². The van der Waals surface area contributed by atoms with Crippen molar-refractivity contribution in [2.45, 2.75) is 19.1 Å². The third-order valence-electron chi connectivity index (χ3n) is 6.36. The molecule has 0 aliphatic heterocycles. The quantitative estimate of drug-likeness (QED) is 0.275. The van der Waals surface area contributed by atoms with Crippen molar-refractivity contribution >= 4 is 0 Å². The molecule has 1 aromatic heterocycles. The summed E-state index contributed by atoms with van der Waals surface area (Å²) in [6, 6.07) is 45.6. The molecule has 2 atom stereocenters. The predicted molar refractivity (Wildman–Crippen MR) is 139 cm³/mol. The van der Waals surface area contributed by atoms with E-state index in [9.17, 15) is 5.11 Å². The van der Waals surface area contributed by atoms with Gasteiger partial charge in [0.05, 0.1) is 0 Å². The van der Waals surface area contributed by atoms with Crippen LogP contribution in [-0.4, -0.2) is 5.11 Å². The predicted octanol–water partition coefficient (Wildman–Crippen LogP) is 7.27. The smallest absolute Gasteiger partial charge is 0.213 e. The topological polar surface area (TPSA) is 24.1 Å². The molecule has 0 aliphatic carbocycles. The summed E-state index contributed by atoms with van der Waals surface area (Å²) >= 11 is 0. The van der Waals surface area contributed by atoms with Crippen molar-refractivity contribution in [1.82, 2.24) is 0 Å². The first kappa shape index (κ1) is 21.8. The van der Waals surface area contributed by atoms with Gasteiger partial charge >= 0.3 is 0 Å². The summed E-state index contributed by atoms with van der Waals surface area (Å²) in [5.41, 5.74) is 7.60. The number of benzene rings is 4. The van der Waals surface area contributed by atoms with Crippen molar-refractivity contribution in [3.63, 3.8) is 0 Å². The van der Waals surface area contributed by atoms with Crippen LogP contribution >= 0.6 is 0 Å². The average Bonchev–Trinajstić information content (AvgIpc) is 2.93. The maximum Gasteiger partial charge on any atom is 0.213 e. The van der Waals surface area contributed by atoms with E-state index >= 15 is 0 Å². The summed E-state index contributed by atoms with van der Waals surface area (Å²) in [5.74, 6) is 0. The van der Waals surface area contributed by atoms with E-state index in [1.54, 1.807) is 0 Å².